The fourth-order valence-electron chi connectivity index (χ4n) is 3.26. The fraction of sp³-hybridized carbons (Fsp3) is 0.368. The number of benzene rings is 1. The third-order valence-electron chi connectivity index (χ3n) is 4.70. The van der Waals surface area contributed by atoms with Crippen LogP contribution in [0.3, 0.4) is 0 Å². The molecule has 0 fully saturated rings. The van der Waals surface area contributed by atoms with Gasteiger partial charge in [0.15, 0.2) is 11.5 Å². The van der Waals surface area contributed by atoms with Crippen molar-refractivity contribution >= 4 is 5.91 Å². The van der Waals surface area contributed by atoms with Gasteiger partial charge in [-0.2, -0.15) is 5.10 Å². The van der Waals surface area contributed by atoms with E-state index in [1.165, 1.54) is 17.4 Å². The summed E-state index contributed by atoms with van der Waals surface area (Å²) in [4.78, 5) is 23.2. The molecule has 1 aliphatic rings. The maximum atomic E-state index is 12.4. The van der Waals surface area contributed by atoms with Gasteiger partial charge in [0, 0.05) is 13.1 Å². The first-order valence-corrected chi connectivity index (χ1v) is 9.02. The molecule has 8 nitrogen and oxygen atoms in total. The van der Waals surface area contributed by atoms with Crippen molar-refractivity contribution in [2.24, 2.45) is 0 Å². The predicted octanol–water partition coefficient (Wildman–Crippen LogP) is 2.15. The Morgan fingerprint density at radius 3 is 2.93 bits per heavy atom. The number of hydrogen-bond acceptors (Lipinski definition) is 6. The zero-order chi connectivity index (χ0) is 18.8. The molecular weight excluding hydrogens is 344 g/mol. The minimum absolute atomic E-state index is 0.265. The molecule has 3 heterocycles. The van der Waals surface area contributed by atoms with Crippen LogP contribution in [0.25, 0.3) is 0 Å². The minimum atomic E-state index is -0.318. The summed E-state index contributed by atoms with van der Waals surface area (Å²) >= 11 is 0. The summed E-state index contributed by atoms with van der Waals surface area (Å²) in [5.41, 5.74) is 3.00. The van der Waals surface area contributed by atoms with Crippen LogP contribution in [0.5, 0.6) is 0 Å². The summed E-state index contributed by atoms with van der Waals surface area (Å²) in [6, 6.07) is 8.15. The second-order valence-corrected chi connectivity index (χ2v) is 6.83. The molecule has 0 aliphatic carbocycles. The van der Waals surface area contributed by atoms with Crippen molar-refractivity contribution in [3.63, 3.8) is 0 Å². The summed E-state index contributed by atoms with van der Waals surface area (Å²) in [7, 11) is 0. The first-order valence-electron chi connectivity index (χ1n) is 9.02. The molecule has 1 unspecified atom stereocenters. The zero-order valence-corrected chi connectivity index (χ0v) is 15.4. The first kappa shape index (κ1) is 17.4. The van der Waals surface area contributed by atoms with E-state index in [9.17, 15) is 4.79 Å². The van der Waals surface area contributed by atoms with E-state index in [-0.39, 0.29) is 17.6 Å². The topological polar surface area (TPSA) is 99.9 Å². The summed E-state index contributed by atoms with van der Waals surface area (Å²) < 4.78 is 5.52. The van der Waals surface area contributed by atoms with Crippen LogP contribution in [0.2, 0.25) is 0 Å². The molecule has 3 aromatic rings. The number of rotatable bonds is 5. The van der Waals surface area contributed by atoms with E-state index < -0.39 is 0 Å². The van der Waals surface area contributed by atoms with Crippen molar-refractivity contribution in [3.05, 3.63) is 64.9 Å². The molecular formula is C19H22N6O2. The van der Waals surface area contributed by atoms with Crippen LogP contribution in [0, 0.1) is 6.92 Å². The number of carbonyl (C=O) groups excluding carboxylic acids is 1. The van der Waals surface area contributed by atoms with Gasteiger partial charge in [0.25, 0.3) is 5.91 Å². The minimum Gasteiger partial charge on any atom is -0.447 e. The maximum Gasteiger partial charge on any atom is 0.273 e. The van der Waals surface area contributed by atoms with Crippen LogP contribution in [0.4, 0.5) is 0 Å². The van der Waals surface area contributed by atoms with E-state index in [4.69, 9.17) is 4.42 Å². The molecule has 0 saturated heterocycles. The molecule has 0 saturated carbocycles. The molecule has 1 aliphatic heterocycles. The first-order chi connectivity index (χ1) is 13.1. The Morgan fingerprint density at radius 2 is 2.15 bits per heavy atom. The highest BCUT2D eigenvalue weighted by molar-refractivity contribution is 5.92. The number of hydrogen-bond donors (Lipinski definition) is 2. The third kappa shape index (κ3) is 3.90. The quantitative estimate of drug-likeness (QED) is 0.718. The maximum absolute atomic E-state index is 12.4. The highest BCUT2D eigenvalue weighted by Gasteiger charge is 2.21. The highest BCUT2D eigenvalue weighted by atomic mass is 16.3. The second kappa shape index (κ2) is 7.32. The highest BCUT2D eigenvalue weighted by Crippen LogP contribution is 2.20. The smallest absolute Gasteiger partial charge is 0.273 e. The van der Waals surface area contributed by atoms with Crippen molar-refractivity contribution in [2.45, 2.75) is 39.4 Å². The number of nitrogens with zero attached hydrogens (tertiary/aromatic N) is 4. The lowest BCUT2D eigenvalue weighted by molar-refractivity contribution is 0.0933. The molecule has 0 radical (unpaired) electrons. The molecule has 8 heteroatoms. The van der Waals surface area contributed by atoms with Gasteiger partial charge < -0.3 is 9.73 Å². The van der Waals surface area contributed by atoms with Gasteiger partial charge in [-0.05, 0) is 31.4 Å². The largest absolute Gasteiger partial charge is 0.447 e. The normalized spacial score (nSPS) is 15.3. The molecule has 1 atom stereocenters. The van der Waals surface area contributed by atoms with E-state index in [2.05, 4.69) is 54.6 Å². The van der Waals surface area contributed by atoms with Gasteiger partial charge in [-0.25, -0.2) is 9.97 Å². The lowest BCUT2D eigenvalue weighted by Crippen LogP contribution is -2.30. The average molecular weight is 366 g/mol. The third-order valence-corrected chi connectivity index (χ3v) is 4.70. The van der Waals surface area contributed by atoms with E-state index in [1.807, 2.05) is 13.8 Å². The fourth-order valence-corrected chi connectivity index (χ4v) is 3.26. The van der Waals surface area contributed by atoms with Crippen molar-refractivity contribution in [1.82, 2.24) is 30.4 Å². The van der Waals surface area contributed by atoms with Gasteiger partial charge in [0.1, 0.15) is 12.1 Å². The Hall–Kier alpha value is -3.00. The Balaban J connectivity index is 1.36. The number of carbonyl (C=O) groups is 1. The van der Waals surface area contributed by atoms with Crippen LogP contribution in [-0.4, -0.2) is 37.5 Å². The SMILES string of the molecule is Cc1nc(C(C)NC(=O)c2coc(CN3CCc4ccccc4C3)n2)n[nH]1. The number of aromatic amines is 1. The van der Waals surface area contributed by atoms with Crippen molar-refractivity contribution in [2.75, 3.05) is 6.54 Å². The summed E-state index contributed by atoms with van der Waals surface area (Å²) in [6.45, 7) is 6.03. The molecule has 2 aromatic heterocycles. The molecule has 0 spiro atoms. The van der Waals surface area contributed by atoms with Crippen LogP contribution in [-0.2, 0) is 19.5 Å². The van der Waals surface area contributed by atoms with Crippen molar-refractivity contribution in [1.29, 1.82) is 0 Å². The van der Waals surface area contributed by atoms with E-state index in [0.29, 0.717) is 24.1 Å². The molecule has 1 aromatic carbocycles. The van der Waals surface area contributed by atoms with Crippen LogP contribution >= 0.6 is 0 Å². The summed E-state index contributed by atoms with van der Waals surface area (Å²) in [5, 5.41) is 9.66. The van der Waals surface area contributed by atoms with E-state index in [0.717, 1.165) is 19.5 Å². The summed E-state index contributed by atoms with van der Waals surface area (Å²) in [5.74, 6) is 1.49. The van der Waals surface area contributed by atoms with Gasteiger partial charge in [-0.15, -0.1) is 0 Å². The van der Waals surface area contributed by atoms with Crippen molar-refractivity contribution in [3.8, 4) is 0 Å². The van der Waals surface area contributed by atoms with Gasteiger partial charge in [0.2, 0.25) is 5.89 Å². The lowest BCUT2D eigenvalue weighted by atomic mass is 10.00. The van der Waals surface area contributed by atoms with Gasteiger partial charge >= 0.3 is 0 Å². The Morgan fingerprint density at radius 1 is 1.33 bits per heavy atom. The van der Waals surface area contributed by atoms with Crippen LogP contribution < -0.4 is 5.32 Å². The molecule has 27 heavy (non-hydrogen) atoms. The molecule has 1 amide bonds. The van der Waals surface area contributed by atoms with Crippen LogP contribution in [0.15, 0.2) is 34.9 Å². The number of aromatic nitrogens is 4. The van der Waals surface area contributed by atoms with Gasteiger partial charge in [-0.3, -0.25) is 14.8 Å². The molecule has 2 N–H and O–H groups in total. The lowest BCUT2D eigenvalue weighted by Gasteiger charge is -2.27. The average Bonchev–Trinajstić information content (AvgIpc) is 3.31. The van der Waals surface area contributed by atoms with E-state index >= 15 is 0 Å². The Kier molecular flexibility index (Phi) is 4.72. The number of amides is 1. The number of fused-ring (bicyclic) bond motifs is 1. The molecule has 0 bridgehead atoms. The Bertz CT molecular complexity index is 947. The predicted molar refractivity (Wildman–Crippen MR) is 97.8 cm³/mol. The number of H-pyrrole nitrogens is 1. The standard InChI is InChI=1S/C19H22N6O2/c1-12(18-21-13(2)23-24-18)20-19(26)16-11-27-17(22-16)10-25-8-7-14-5-3-4-6-15(14)9-25/h3-6,11-12H,7-10H2,1-2H3,(H,20,26)(H,21,23,24). The number of oxazole rings is 1. The second-order valence-electron chi connectivity index (χ2n) is 6.83. The number of nitrogens with one attached hydrogen (secondary N) is 2. The Labute approximate surface area is 157 Å². The zero-order valence-electron chi connectivity index (χ0n) is 15.4. The molecule has 140 valence electrons. The van der Waals surface area contributed by atoms with Crippen LogP contribution in [0.1, 0.15) is 52.1 Å². The summed E-state index contributed by atoms with van der Waals surface area (Å²) in [6.07, 6.45) is 2.41. The van der Waals surface area contributed by atoms with Gasteiger partial charge in [-0.1, -0.05) is 24.3 Å². The van der Waals surface area contributed by atoms with E-state index in [1.54, 1.807) is 0 Å². The van der Waals surface area contributed by atoms with Crippen molar-refractivity contribution < 1.29 is 9.21 Å². The number of aryl methyl sites for hydroxylation is 1. The molecule has 4 rings (SSSR count). The monoisotopic (exact) mass is 366 g/mol. The van der Waals surface area contributed by atoms with Gasteiger partial charge in [0.05, 0.1) is 12.6 Å².